The van der Waals surface area contributed by atoms with Gasteiger partial charge in [-0.2, -0.15) is 5.26 Å². The summed E-state index contributed by atoms with van der Waals surface area (Å²) in [6.45, 7) is 4.93. The molecule has 0 radical (unpaired) electrons. The lowest BCUT2D eigenvalue weighted by Crippen LogP contribution is -2.22. The highest BCUT2D eigenvalue weighted by Crippen LogP contribution is 2.26. The third kappa shape index (κ3) is 3.57. The van der Waals surface area contributed by atoms with E-state index < -0.39 is 0 Å². The van der Waals surface area contributed by atoms with Crippen LogP contribution in [-0.4, -0.2) is 11.0 Å². The predicted molar refractivity (Wildman–Crippen MR) is 81.4 cm³/mol. The van der Waals surface area contributed by atoms with Gasteiger partial charge in [-0.25, -0.2) is 0 Å². The summed E-state index contributed by atoms with van der Waals surface area (Å²) in [6.07, 6.45) is 3.33. The van der Waals surface area contributed by atoms with Crippen molar-refractivity contribution >= 4 is 11.6 Å². The highest BCUT2D eigenvalue weighted by Gasteiger charge is 2.08. The third-order valence-corrected chi connectivity index (χ3v) is 3.18. The van der Waals surface area contributed by atoms with E-state index in [9.17, 15) is 0 Å². The lowest BCUT2D eigenvalue weighted by Gasteiger charge is -2.13. The quantitative estimate of drug-likeness (QED) is 0.930. The molecule has 0 aliphatic heterocycles. The number of aromatic nitrogens is 1. The first-order valence-electron chi connectivity index (χ1n) is 6.47. The average Bonchev–Trinajstić information content (AvgIpc) is 2.45. The number of halogens is 1. The standard InChI is InChI=1S/C16H16ClN3/c1-11(2)20-10-14-6-15(17)3-4-16(14)13-5-12(7-18)8-19-9-13/h3-6,8-9,11,20H,10H2,1-2H3. The van der Waals surface area contributed by atoms with E-state index >= 15 is 0 Å². The Labute approximate surface area is 124 Å². The largest absolute Gasteiger partial charge is 0.310 e. The topological polar surface area (TPSA) is 48.7 Å². The monoisotopic (exact) mass is 285 g/mol. The molecule has 2 aromatic rings. The van der Waals surface area contributed by atoms with Crippen molar-refractivity contribution < 1.29 is 0 Å². The van der Waals surface area contributed by atoms with Crippen LogP contribution in [0.5, 0.6) is 0 Å². The Balaban J connectivity index is 2.42. The van der Waals surface area contributed by atoms with E-state index in [0.717, 1.165) is 23.2 Å². The van der Waals surface area contributed by atoms with E-state index in [1.54, 1.807) is 12.4 Å². The molecule has 1 N–H and O–H groups in total. The molecule has 3 nitrogen and oxygen atoms in total. The molecule has 20 heavy (non-hydrogen) atoms. The van der Waals surface area contributed by atoms with Crippen LogP contribution in [0.4, 0.5) is 0 Å². The normalized spacial score (nSPS) is 10.6. The van der Waals surface area contributed by atoms with Gasteiger partial charge in [0.15, 0.2) is 0 Å². The van der Waals surface area contributed by atoms with Crippen LogP contribution >= 0.6 is 11.6 Å². The lowest BCUT2D eigenvalue weighted by atomic mass is 10.00. The molecule has 2 rings (SSSR count). The molecule has 0 spiro atoms. The van der Waals surface area contributed by atoms with Crippen molar-refractivity contribution in [2.24, 2.45) is 0 Å². The first kappa shape index (κ1) is 14.5. The number of benzene rings is 1. The average molecular weight is 286 g/mol. The molecule has 1 aromatic carbocycles. The number of nitriles is 1. The molecule has 0 fully saturated rings. The summed E-state index contributed by atoms with van der Waals surface area (Å²) in [4.78, 5) is 4.11. The van der Waals surface area contributed by atoms with E-state index in [-0.39, 0.29) is 0 Å². The molecule has 0 aliphatic carbocycles. The summed E-state index contributed by atoms with van der Waals surface area (Å²) in [5.41, 5.74) is 3.64. The van der Waals surface area contributed by atoms with Crippen LogP contribution in [0, 0.1) is 11.3 Å². The molecule has 0 atom stereocenters. The molecule has 0 unspecified atom stereocenters. The third-order valence-electron chi connectivity index (χ3n) is 2.95. The van der Waals surface area contributed by atoms with Crippen molar-refractivity contribution in [3.05, 3.63) is 52.8 Å². The van der Waals surface area contributed by atoms with Crippen LogP contribution in [0.15, 0.2) is 36.7 Å². The molecule has 102 valence electrons. The number of pyridine rings is 1. The molecule has 4 heteroatoms. The minimum absolute atomic E-state index is 0.394. The van der Waals surface area contributed by atoms with Gasteiger partial charge in [-0.15, -0.1) is 0 Å². The smallest absolute Gasteiger partial charge is 0.101 e. The second-order valence-electron chi connectivity index (χ2n) is 4.91. The van der Waals surface area contributed by atoms with Crippen molar-refractivity contribution in [1.29, 1.82) is 5.26 Å². The summed E-state index contributed by atoms with van der Waals surface area (Å²) in [5.74, 6) is 0. The fraction of sp³-hybridized carbons (Fsp3) is 0.250. The second kappa shape index (κ2) is 6.51. The molecular formula is C16H16ClN3. The summed E-state index contributed by atoms with van der Waals surface area (Å²) in [5, 5.41) is 13.1. The van der Waals surface area contributed by atoms with Crippen LogP contribution < -0.4 is 5.32 Å². The summed E-state index contributed by atoms with van der Waals surface area (Å²) >= 11 is 6.08. The molecule has 1 heterocycles. The number of nitrogens with one attached hydrogen (secondary N) is 1. The van der Waals surface area contributed by atoms with Crippen molar-refractivity contribution in [3.8, 4) is 17.2 Å². The first-order chi connectivity index (χ1) is 9.60. The van der Waals surface area contributed by atoms with E-state index in [4.69, 9.17) is 16.9 Å². The maximum atomic E-state index is 8.98. The lowest BCUT2D eigenvalue weighted by molar-refractivity contribution is 0.589. The Kier molecular flexibility index (Phi) is 4.73. The zero-order valence-electron chi connectivity index (χ0n) is 11.5. The van der Waals surface area contributed by atoms with Crippen LogP contribution in [0.2, 0.25) is 5.02 Å². The summed E-state index contributed by atoms with van der Waals surface area (Å²) < 4.78 is 0. The predicted octanol–water partition coefficient (Wildman–Crippen LogP) is 3.77. The highest BCUT2D eigenvalue weighted by molar-refractivity contribution is 6.30. The molecule has 1 aromatic heterocycles. The number of hydrogen-bond donors (Lipinski definition) is 1. The molecule has 0 saturated carbocycles. The van der Waals surface area contributed by atoms with Crippen molar-refractivity contribution in [3.63, 3.8) is 0 Å². The fourth-order valence-electron chi connectivity index (χ4n) is 1.95. The van der Waals surface area contributed by atoms with E-state index in [1.165, 1.54) is 0 Å². The van der Waals surface area contributed by atoms with Gasteiger partial charge in [-0.3, -0.25) is 4.98 Å². The molecular weight excluding hydrogens is 270 g/mol. The van der Waals surface area contributed by atoms with Crippen molar-refractivity contribution in [2.75, 3.05) is 0 Å². The Hall–Kier alpha value is -1.89. The van der Waals surface area contributed by atoms with Crippen LogP contribution in [0.1, 0.15) is 25.0 Å². The van der Waals surface area contributed by atoms with Gasteiger partial charge in [0.2, 0.25) is 0 Å². The second-order valence-corrected chi connectivity index (χ2v) is 5.35. The SMILES string of the molecule is CC(C)NCc1cc(Cl)ccc1-c1cncc(C#N)c1. The highest BCUT2D eigenvalue weighted by atomic mass is 35.5. The summed E-state index contributed by atoms with van der Waals surface area (Å²) in [6, 6.07) is 10.1. The maximum absolute atomic E-state index is 8.98. The zero-order valence-corrected chi connectivity index (χ0v) is 12.3. The summed E-state index contributed by atoms with van der Waals surface area (Å²) in [7, 11) is 0. The minimum atomic E-state index is 0.394. The van der Waals surface area contributed by atoms with Gasteiger partial charge in [0, 0.05) is 35.6 Å². The van der Waals surface area contributed by atoms with Gasteiger partial charge >= 0.3 is 0 Å². The van der Waals surface area contributed by atoms with Gasteiger partial charge in [0.05, 0.1) is 5.56 Å². The van der Waals surface area contributed by atoms with E-state index in [2.05, 4.69) is 30.2 Å². The zero-order chi connectivity index (χ0) is 14.5. The van der Waals surface area contributed by atoms with Crippen LogP contribution in [0.25, 0.3) is 11.1 Å². The van der Waals surface area contributed by atoms with Gasteiger partial charge in [0.25, 0.3) is 0 Å². The minimum Gasteiger partial charge on any atom is -0.310 e. The van der Waals surface area contributed by atoms with Gasteiger partial charge in [-0.05, 0) is 29.3 Å². The Bertz CT molecular complexity index is 644. The van der Waals surface area contributed by atoms with Crippen molar-refractivity contribution in [2.45, 2.75) is 26.4 Å². The molecule has 0 saturated heterocycles. The van der Waals surface area contributed by atoms with Gasteiger partial charge < -0.3 is 5.32 Å². The van der Waals surface area contributed by atoms with Crippen LogP contribution in [0.3, 0.4) is 0 Å². The Morgan fingerprint density at radius 1 is 1.30 bits per heavy atom. The maximum Gasteiger partial charge on any atom is 0.101 e. The van der Waals surface area contributed by atoms with E-state index in [1.807, 2.05) is 24.3 Å². The first-order valence-corrected chi connectivity index (χ1v) is 6.85. The molecule has 0 amide bonds. The van der Waals surface area contributed by atoms with E-state index in [0.29, 0.717) is 16.6 Å². The molecule has 0 bridgehead atoms. The number of rotatable bonds is 4. The number of nitrogens with zero attached hydrogens (tertiary/aromatic N) is 2. The Morgan fingerprint density at radius 2 is 2.10 bits per heavy atom. The van der Waals surface area contributed by atoms with Gasteiger partial charge in [0.1, 0.15) is 6.07 Å². The Morgan fingerprint density at radius 3 is 2.80 bits per heavy atom. The molecule has 0 aliphatic rings. The van der Waals surface area contributed by atoms with Crippen molar-refractivity contribution in [1.82, 2.24) is 10.3 Å². The van der Waals surface area contributed by atoms with Crippen LogP contribution in [-0.2, 0) is 6.54 Å². The van der Waals surface area contributed by atoms with Gasteiger partial charge in [-0.1, -0.05) is 31.5 Å². The fourth-order valence-corrected chi connectivity index (χ4v) is 2.15. The number of hydrogen-bond acceptors (Lipinski definition) is 3.